The number of carbonyl (C=O) groups excluding carboxylic acids is 1. The molecule has 2 unspecified atom stereocenters. The van der Waals surface area contributed by atoms with Crippen LogP contribution in [0.5, 0.6) is 0 Å². The van der Waals surface area contributed by atoms with Crippen LogP contribution in [0, 0.1) is 0 Å². The largest absolute Gasteiger partial charge is 0.481 e. The monoisotopic (exact) mass is 282 g/mol. The number of thiophene rings is 1. The van der Waals surface area contributed by atoms with E-state index in [0.29, 0.717) is 6.54 Å². The molecule has 0 radical (unpaired) electrons. The molecule has 1 amide bonds. The fourth-order valence-corrected chi connectivity index (χ4v) is 3.16. The Balaban J connectivity index is 1.99. The van der Waals surface area contributed by atoms with E-state index in [-0.39, 0.29) is 24.8 Å². The molecule has 1 saturated heterocycles. The Morgan fingerprint density at radius 2 is 2.37 bits per heavy atom. The molecule has 3 N–H and O–H groups in total. The standard InChI is InChI=1S/C13H18N2O3S/c14-10(3-4-12(16)17)13(18)15-6-1-2-11(15)9-5-7-19-8-9/h5,7-8,10-11H,1-4,6,14H2,(H,16,17). The molecule has 0 aliphatic carbocycles. The second kappa shape index (κ2) is 6.16. The van der Waals surface area contributed by atoms with Crippen molar-refractivity contribution in [3.05, 3.63) is 22.4 Å². The number of carboxylic acids is 1. The maximum Gasteiger partial charge on any atom is 0.303 e. The van der Waals surface area contributed by atoms with Gasteiger partial charge in [-0.2, -0.15) is 11.3 Å². The van der Waals surface area contributed by atoms with Gasteiger partial charge in [-0.05, 0) is 41.7 Å². The molecule has 2 heterocycles. The number of rotatable bonds is 5. The summed E-state index contributed by atoms with van der Waals surface area (Å²) in [6, 6.07) is 1.42. The van der Waals surface area contributed by atoms with Gasteiger partial charge in [0, 0.05) is 13.0 Å². The van der Waals surface area contributed by atoms with E-state index in [9.17, 15) is 9.59 Å². The van der Waals surface area contributed by atoms with E-state index in [1.54, 1.807) is 16.2 Å². The van der Waals surface area contributed by atoms with Crippen molar-refractivity contribution in [3.8, 4) is 0 Å². The first-order chi connectivity index (χ1) is 9.09. The van der Waals surface area contributed by atoms with Crippen LogP contribution in [0.3, 0.4) is 0 Å². The summed E-state index contributed by atoms with van der Waals surface area (Å²) >= 11 is 1.62. The van der Waals surface area contributed by atoms with Crippen molar-refractivity contribution in [3.63, 3.8) is 0 Å². The minimum Gasteiger partial charge on any atom is -0.481 e. The van der Waals surface area contributed by atoms with Crippen LogP contribution in [0.4, 0.5) is 0 Å². The van der Waals surface area contributed by atoms with Gasteiger partial charge in [-0.15, -0.1) is 0 Å². The van der Waals surface area contributed by atoms with Crippen LogP contribution in [0.2, 0.25) is 0 Å². The molecule has 5 nitrogen and oxygen atoms in total. The molecule has 0 spiro atoms. The van der Waals surface area contributed by atoms with Gasteiger partial charge in [0.15, 0.2) is 0 Å². The maximum atomic E-state index is 12.3. The van der Waals surface area contributed by atoms with E-state index >= 15 is 0 Å². The number of amides is 1. The Hall–Kier alpha value is -1.40. The molecule has 0 bridgehead atoms. The zero-order valence-electron chi connectivity index (χ0n) is 10.6. The molecule has 104 valence electrons. The van der Waals surface area contributed by atoms with Crippen molar-refractivity contribution in [1.82, 2.24) is 4.90 Å². The highest BCUT2D eigenvalue weighted by atomic mass is 32.1. The van der Waals surface area contributed by atoms with Crippen molar-refractivity contribution < 1.29 is 14.7 Å². The van der Waals surface area contributed by atoms with E-state index in [1.807, 2.05) is 11.4 Å². The summed E-state index contributed by atoms with van der Waals surface area (Å²) in [6.45, 7) is 0.708. The number of carboxylic acid groups (broad SMARTS) is 1. The fourth-order valence-electron chi connectivity index (χ4n) is 2.46. The third kappa shape index (κ3) is 3.33. The van der Waals surface area contributed by atoms with Gasteiger partial charge in [0.05, 0.1) is 12.1 Å². The second-order valence-corrected chi connectivity index (χ2v) is 5.57. The Kier molecular flexibility index (Phi) is 4.55. The van der Waals surface area contributed by atoms with Gasteiger partial charge in [0.1, 0.15) is 0 Å². The first-order valence-electron chi connectivity index (χ1n) is 6.39. The summed E-state index contributed by atoms with van der Waals surface area (Å²) in [5, 5.41) is 12.7. The lowest BCUT2D eigenvalue weighted by atomic mass is 10.1. The molecular weight excluding hydrogens is 264 g/mol. The Morgan fingerprint density at radius 3 is 3.00 bits per heavy atom. The van der Waals surface area contributed by atoms with Gasteiger partial charge in [-0.25, -0.2) is 0 Å². The fraction of sp³-hybridized carbons (Fsp3) is 0.538. The first-order valence-corrected chi connectivity index (χ1v) is 7.34. The zero-order valence-corrected chi connectivity index (χ0v) is 11.4. The molecule has 1 aromatic heterocycles. The summed E-state index contributed by atoms with van der Waals surface area (Å²) < 4.78 is 0. The quantitative estimate of drug-likeness (QED) is 0.859. The molecule has 1 aliphatic heterocycles. The van der Waals surface area contributed by atoms with Crippen LogP contribution < -0.4 is 5.73 Å². The number of hydrogen-bond acceptors (Lipinski definition) is 4. The van der Waals surface area contributed by atoms with Crippen LogP contribution in [-0.2, 0) is 9.59 Å². The molecule has 1 aliphatic rings. The lowest BCUT2D eigenvalue weighted by molar-refractivity contribution is -0.137. The average Bonchev–Trinajstić information content (AvgIpc) is 3.03. The molecular formula is C13H18N2O3S. The molecule has 0 saturated carbocycles. The van der Waals surface area contributed by atoms with Crippen LogP contribution in [0.25, 0.3) is 0 Å². The maximum absolute atomic E-state index is 12.3. The van der Waals surface area contributed by atoms with Gasteiger partial charge < -0.3 is 15.7 Å². The lowest BCUT2D eigenvalue weighted by Gasteiger charge is -2.27. The van der Waals surface area contributed by atoms with Crippen molar-refractivity contribution in [1.29, 1.82) is 0 Å². The second-order valence-electron chi connectivity index (χ2n) is 4.79. The SMILES string of the molecule is NC(CCC(=O)O)C(=O)N1CCCC1c1ccsc1. The highest BCUT2D eigenvalue weighted by molar-refractivity contribution is 7.07. The number of aliphatic carboxylic acids is 1. The zero-order chi connectivity index (χ0) is 13.8. The highest BCUT2D eigenvalue weighted by Gasteiger charge is 2.32. The van der Waals surface area contributed by atoms with Gasteiger partial charge in [0.25, 0.3) is 0 Å². The normalized spacial score (nSPS) is 20.5. The summed E-state index contributed by atoms with van der Waals surface area (Å²) in [5.74, 6) is -1.05. The number of nitrogens with zero attached hydrogens (tertiary/aromatic N) is 1. The first kappa shape index (κ1) is 14.0. The molecule has 2 rings (SSSR count). The molecule has 2 atom stereocenters. The van der Waals surface area contributed by atoms with E-state index in [4.69, 9.17) is 10.8 Å². The number of likely N-dealkylation sites (tertiary alicyclic amines) is 1. The van der Waals surface area contributed by atoms with Crippen molar-refractivity contribution in [2.75, 3.05) is 6.54 Å². The minimum absolute atomic E-state index is 0.0656. The van der Waals surface area contributed by atoms with Gasteiger partial charge in [-0.3, -0.25) is 9.59 Å². The van der Waals surface area contributed by atoms with Gasteiger partial charge in [0.2, 0.25) is 5.91 Å². The summed E-state index contributed by atoms with van der Waals surface area (Å²) in [5.41, 5.74) is 6.96. The Labute approximate surface area is 116 Å². The summed E-state index contributed by atoms with van der Waals surface area (Å²) in [7, 11) is 0. The van der Waals surface area contributed by atoms with E-state index in [2.05, 4.69) is 5.38 Å². The third-order valence-corrected chi connectivity index (χ3v) is 4.15. The molecule has 6 heteroatoms. The Morgan fingerprint density at radius 1 is 1.58 bits per heavy atom. The van der Waals surface area contributed by atoms with Gasteiger partial charge in [-0.1, -0.05) is 0 Å². The van der Waals surface area contributed by atoms with Crippen LogP contribution >= 0.6 is 11.3 Å². The average molecular weight is 282 g/mol. The van der Waals surface area contributed by atoms with Crippen LogP contribution in [0.1, 0.15) is 37.3 Å². The predicted octanol–water partition coefficient (Wildman–Crippen LogP) is 1.60. The van der Waals surface area contributed by atoms with Crippen molar-refractivity contribution in [2.45, 2.75) is 37.8 Å². The summed E-state index contributed by atoms with van der Waals surface area (Å²) in [4.78, 5) is 24.6. The Bertz CT molecular complexity index is 447. The summed E-state index contributed by atoms with van der Waals surface area (Å²) in [6.07, 6.45) is 2.05. The van der Waals surface area contributed by atoms with Crippen molar-refractivity contribution >= 4 is 23.2 Å². The number of carbonyl (C=O) groups is 2. The van der Waals surface area contributed by atoms with E-state index in [1.165, 1.54) is 0 Å². The lowest BCUT2D eigenvalue weighted by Crippen LogP contribution is -2.43. The van der Waals surface area contributed by atoms with Crippen molar-refractivity contribution in [2.24, 2.45) is 5.73 Å². The van der Waals surface area contributed by atoms with E-state index < -0.39 is 12.0 Å². The molecule has 0 aromatic carbocycles. The predicted molar refractivity (Wildman–Crippen MR) is 72.9 cm³/mol. The minimum atomic E-state index is -0.918. The number of hydrogen-bond donors (Lipinski definition) is 2. The number of nitrogens with two attached hydrogens (primary N) is 1. The smallest absolute Gasteiger partial charge is 0.303 e. The topological polar surface area (TPSA) is 83.6 Å². The van der Waals surface area contributed by atoms with Crippen LogP contribution in [0.15, 0.2) is 16.8 Å². The van der Waals surface area contributed by atoms with E-state index in [0.717, 1.165) is 18.4 Å². The molecule has 19 heavy (non-hydrogen) atoms. The molecule has 1 aromatic rings. The molecule has 1 fully saturated rings. The third-order valence-electron chi connectivity index (χ3n) is 3.45. The van der Waals surface area contributed by atoms with Gasteiger partial charge >= 0.3 is 5.97 Å². The van der Waals surface area contributed by atoms with Crippen LogP contribution in [-0.4, -0.2) is 34.5 Å². The highest BCUT2D eigenvalue weighted by Crippen LogP contribution is 2.33.